The molecule has 4 atom stereocenters. The average Bonchev–Trinajstić information content (AvgIpc) is 2.48. The van der Waals surface area contributed by atoms with Crippen LogP contribution in [0.15, 0.2) is 0 Å². The van der Waals surface area contributed by atoms with E-state index in [0.717, 1.165) is 12.8 Å². The van der Waals surface area contributed by atoms with Crippen LogP contribution in [-0.2, 0) is 4.74 Å². The lowest BCUT2D eigenvalue weighted by Crippen LogP contribution is -2.41. The van der Waals surface area contributed by atoms with Crippen LogP contribution in [0.2, 0.25) is 0 Å². The van der Waals surface area contributed by atoms with E-state index in [9.17, 15) is 5.11 Å². The maximum absolute atomic E-state index is 11.2. The maximum atomic E-state index is 11.2. The summed E-state index contributed by atoms with van der Waals surface area (Å²) in [5.41, 5.74) is 0. The quantitative estimate of drug-likeness (QED) is 0.765. The molecule has 2 heteroatoms. The van der Waals surface area contributed by atoms with Gasteiger partial charge in [0.1, 0.15) is 0 Å². The molecule has 1 saturated heterocycles. The lowest BCUT2D eigenvalue weighted by molar-refractivity contribution is -0.228. The molecule has 120 valence electrons. The van der Waals surface area contributed by atoms with E-state index in [1.807, 2.05) is 0 Å². The third kappa shape index (κ3) is 3.98. The molecule has 0 aromatic carbocycles. The van der Waals surface area contributed by atoms with Crippen molar-refractivity contribution in [3.05, 3.63) is 0 Å². The summed E-state index contributed by atoms with van der Waals surface area (Å²) in [5, 5.41) is 11.2. The Morgan fingerprint density at radius 1 is 0.900 bits per heavy atom. The largest absolute Gasteiger partial charge is 0.365 e. The predicted molar refractivity (Wildman–Crippen MR) is 85.4 cm³/mol. The van der Waals surface area contributed by atoms with E-state index < -0.39 is 5.79 Å². The molecule has 0 aromatic rings. The number of hydrogen-bond donors (Lipinski definition) is 1. The molecule has 0 aromatic heterocycles. The lowest BCUT2D eigenvalue weighted by atomic mass is 9.70. The standard InChI is InChI=1S/C18H36O2/c1-11(2)9-15-16(13(5)6)17(14(7)8)18(19,20-15)10-12(3)4/h11-17,19H,9-10H2,1-8H3. The van der Waals surface area contributed by atoms with Crippen LogP contribution in [0.1, 0.15) is 68.2 Å². The third-order valence-electron chi connectivity index (χ3n) is 4.61. The Morgan fingerprint density at radius 3 is 1.80 bits per heavy atom. The number of ether oxygens (including phenoxy) is 1. The van der Waals surface area contributed by atoms with E-state index in [1.165, 1.54) is 0 Å². The van der Waals surface area contributed by atoms with Gasteiger partial charge in [-0.1, -0.05) is 55.4 Å². The summed E-state index contributed by atoms with van der Waals surface area (Å²) < 4.78 is 6.27. The Balaban J connectivity index is 3.07. The van der Waals surface area contributed by atoms with Crippen molar-refractivity contribution < 1.29 is 9.84 Å². The minimum Gasteiger partial charge on any atom is -0.365 e. The Hall–Kier alpha value is -0.0800. The van der Waals surface area contributed by atoms with Gasteiger partial charge in [-0.15, -0.1) is 0 Å². The molecule has 0 amide bonds. The number of hydrogen-bond acceptors (Lipinski definition) is 2. The van der Waals surface area contributed by atoms with Crippen molar-refractivity contribution in [2.24, 2.45) is 35.5 Å². The summed E-state index contributed by atoms with van der Waals surface area (Å²) in [4.78, 5) is 0. The fourth-order valence-electron chi connectivity index (χ4n) is 4.20. The molecular weight excluding hydrogens is 248 g/mol. The first-order valence-electron chi connectivity index (χ1n) is 8.48. The Bertz CT molecular complexity index is 296. The number of rotatable bonds is 6. The van der Waals surface area contributed by atoms with Crippen LogP contribution < -0.4 is 0 Å². The van der Waals surface area contributed by atoms with Gasteiger partial charge in [0.2, 0.25) is 0 Å². The van der Waals surface area contributed by atoms with Crippen LogP contribution in [0.4, 0.5) is 0 Å². The molecule has 0 radical (unpaired) electrons. The molecule has 2 nitrogen and oxygen atoms in total. The van der Waals surface area contributed by atoms with Gasteiger partial charge in [-0.05, 0) is 36.0 Å². The fourth-order valence-corrected chi connectivity index (χ4v) is 4.20. The first-order chi connectivity index (χ1) is 9.08. The second-order valence-corrected chi connectivity index (χ2v) is 8.32. The SMILES string of the molecule is CC(C)CC1OC(O)(CC(C)C)C(C(C)C)C1C(C)C. The summed E-state index contributed by atoms with van der Waals surface area (Å²) >= 11 is 0. The van der Waals surface area contributed by atoms with E-state index in [0.29, 0.717) is 29.6 Å². The molecule has 1 aliphatic rings. The van der Waals surface area contributed by atoms with E-state index in [-0.39, 0.29) is 12.0 Å². The van der Waals surface area contributed by atoms with Crippen LogP contribution in [-0.4, -0.2) is 17.0 Å². The van der Waals surface area contributed by atoms with Crippen molar-refractivity contribution >= 4 is 0 Å². The number of aliphatic hydroxyl groups is 1. The molecule has 1 aliphatic heterocycles. The minimum absolute atomic E-state index is 0.200. The molecule has 0 spiro atoms. The van der Waals surface area contributed by atoms with Crippen LogP contribution in [0, 0.1) is 35.5 Å². The predicted octanol–water partition coefficient (Wildman–Crippen LogP) is 4.71. The maximum Gasteiger partial charge on any atom is 0.169 e. The highest BCUT2D eigenvalue weighted by Gasteiger charge is 2.55. The molecule has 0 aliphatic carbocycles. The van der Waals surface area contributed by atoms with Crippen molar-refractivity contribution in [1.82, 2.24) is 0 Å². The second-order valence-electron chi connectivity index (χ2n) is 8.32. The molecule has 0 saturated carbocycles. The second kappa shape index (κ2) is 6.79. The Kier molecular flexibility index (Phi) is 6.10. The molecule has 4 unspecified atom stereocenters. The zero-order chi connectivity index (χ0) is 15.7. The molecule has 20 heavy (non-hydrogen) atoms. The van der Waals surface area contributed by atoms with Crippen molar-refractivity contribution in [2.45, 2.75) is 80.1 Å². The van der Waals surface area contributed by atoms with Crippen molar-refractivity contribution in [1.29, 1.82) is 0 Å². The lowest BCUT2D eigenvalue weighted by Gasteiger charge is -2.36. The van der Waals surface area contributed by atoms with E-state index >= 15 is 0 Å². The van der Waals surface area contributed by atoms with Gasteiger partial charge >= 0.3 is 0 Å². The summed E-state index contributed by atoms with van der Waals surface area (Å²) in [6.07, 6.45) is 1.99. The van der Waals surface area contributed by atoms with Gasteiger partial charge in [0.15, 0.2) is 5.79 Å². The summed E-state index contributed by atoms with van der Waals surface area (Å²) in [6, 6.07) is 0. The first-order valence-corrected chi connectivity index (χ1v) is 8.48. The summed E-state index contributed by atoms with van der Waals surface area (Å²) in [6.45, 7) is 17.8. The highest BCUT2D eigenvalue weighted by Crippen LogP contribution is 2.50. The van der Waals surface area contributed by atoms with Gasteiger partial charge in [0, 0.05) is 12.3 Å². The van der Waals surface area contributed by atoms with Crippen molar-refractivity contribution in [3.63, 3.8) is 0 Å². The van der Waals surface area contributed by atoms with E-state index in [1.54, 1.807) is 0 Å². The van der Waals surface area contributed by atoms with E-state index in [2.05, 4.69) is 55.4 Å². The average molecular weight is 284 g/mol. The van der Waals surface area contributed by atoms with Gasteiger partial charge in [0.05, 0.1) is 6.10 Å². The Labute approximate surface area is 126 Å². The highest BCUT2D eigenvalue weighted by atomic mass is 16.6. The monoisotopic (exact) mass is 284 g/mol. The molecular formula is C18H36O2. The zero-order valence-corrected chi connectivity index (χ0v) is 14.8. The minimum atomic E-state index is -0.934. The highest BCUT2D eigenvalue weighted by molar-refractivity contribution is 4.97. The molecule has 1 N–H and O–H groups in total. The van der Waals surface area contributed by atoms with Gasteiger partial charge in [-0.25, -0.2) is 0 Å². The van der Waals surface area contributed by atoms with Gasteiger partial charge in [-0.3, -0.25) is 0 Å². The van der Waals surface area contributed by atoms with Crippen LogP contribution in [0.5, 0.6) is 0 Å². The van der Waals surface area contributed by atoms with E-state index in [4.69, 9.17) is 4.74 Å². The normalized spacial score (nSPS) is 35.0. The smallest absolute Gasteiger partial charge is 0.169 e. The van der Waals surface area contributed by atoms with Crippen molar-refractivity contribution in [2.75, 3.05) is 0 Å². The Morgan fingerprint density at radius 2 is 1.45 bits per heavy atom. The molecule has 1 fully saturated rings. The van der Waals surface area contributed by atoms with Crippen LogP contribution >= 0.6 is 0 Å². The third-order valence-corrected chi connectivity index (χ3v) is 4.61. The van der Waals surface area contributed by atoms with Gasteiger partial charge in [-0.2, -0.15) is 0 Å². The first kappa shape index (κ1) is 18.0. The molecule has 0 bridgehead atoms. The van der Waals surface area contributed by atoms with Crippen LogP contribution in [0.3, 0.4) is 0 Å². The molecule has 1 heterocycles. The fraction of sp³-hybridized carbons (Fsp3) is 1.00. The zero-order valence-electron chi connectivity index (χ0n) is 14.8. The summed E-state index contributed by atoms with van der Waals surface area (Å²) in [7, 11) is 0. The van der Waals surface area contributed by atoms with Crippen molar-refractivity contribution in [3.8, 4) is 0 Å². The molecule has 1 rings (SSSR count). The topological polar surface area (TPSA) is 29.5 Å². The van der Waals surface area contributed by atoms with Crippen LogP contribution in [0.25, 0.3) is 0 Å². The van der Waals surface area contributed by atoms with Gasteiger partial charge in [0.25, 0.3) is 0 Å². The van der Waals surface area contributed by atoms with Gasteiger partial charge < -0.3 is 9.84 Å². The summed E-state index contributed by atoms with van der Waals surface area (Å²) in [5.74, 6) is 1.82.